The Bertz CT molecular complexity index is 499. The summed E-state index contributed by atoms with van der Waals surface area (Å²) >= 11 is 0. The number of piperidine rings is 1. The minimum atomic E-state index is -0.459. The van der Waals surface area contributed by atoms with Gasteiger partial charge < -0.3 is 15.0 Å². The van der Waals surface area contributed by atoms with E-state index >= 15 is 0 Å². The number of anilines is 1. The largest absolute Gasteiger partial charge is 0.444 e. The maximum absolute atomic E-state index is 12.1. The molecule has 1 atom stereocenters. The third-order valence-corrected chi connectivity index (χ3v) is 3.30. The molecule has 1 amide bonds. The van der Waals surface area contributed by atoms with Gasteiger partial charge in [-0.05, 0) is 40.5 Å². The number of carbonyl (C=O) groups is 1. The van der Waals surface area contributed by atoms with Gasteiger partial charge in [-0.2, -0.15) is 0 Å². The summed E-state index contributed by atoms with van der Waals surface area (Å²) in [6.07, 6.45) is 5.06. The van der Waals surface area contributed by atoms with Crippen LogP contribution in [0.1, 0.15) is 39.3 Å². The van der Waals surface area contributed by atoms with Gasteiger partial charge >= 0.3 is 6.09 Å². The average Bonchev–Trinajstić information content (AvgIpc) is 2.40. The fourth-order valence-corrected chi connectivity index (χ4v) is 2.33. The highest BCUT2D eigenvalue weighted by Gasteiger charge is 2.27. The zero-order valence-electron chi connectivity index (χ0n) is 13.2. The predicted octanol–water partition coefficient (Wildman–Crippen LogP) is 2.60. The first kappa shape index (κ1) is 15.5. The first-order valence-corrected chi connectivity index (χ1v) is 7.37. The summed E-state index contributed by atoms with van der Waals surface area (Å²) in [4.78, 5) is 22.4. The Balaban J connectivity index is 1.95. The van der Waals surface area contributed by atoms with Crippen molar-refractivity contribution in [3.8, 4) is 0 Å². The number of hydrogen-bond acceptors (Lipinski definition) is 5. The Kier molecular flexibility index (Phi) is 4.65. The smallest absolute Gasteiger partial charge is 0.410 e. The van der Waals surface area contributed by atoms with Crippen LogP contribution in [0.15, 0.2) is 12.4 Å². The van der Waals surface area contributed by atoms with Gasteiger partial charge in [-0.25, -0.2) is 9.78 Å². The highest BCUT2D eigenvalue weighted by molar-refractivity contribution is 5.68. The van der Waals surface area contributed by atoms with Gasteiger partial charge in [0.2, 0.25) is 0 Å². The van der Waals surface area contributed by atoms with E-state index in [1.807, 2.05) is 27.7 Å². The molecule has 1 aromatic rings. The number of carbonyl (C=O) groups excluding carboxylic acids is 1. The molecule has 1 fully saturated rings. The Labute approximate surface area is 125 Å². The molecule has 0 unspecified atom stereocenters. The van der Waals surface area contributed by atoms with Gasteiger partial charge in [0.25, 0.3) is 0 Å². The normalized spacial score (nSPS) is 19.2. The van der Waals surface area contributed by atoms with E-state index in [4.69, 9.17) is 4.74 Å². The Hall–Kier alpha value is -1.85. The zero-order valence-corrected chi connectivity index (χ0v) is 13.2. The van der Waals surface area contributed by atoms with E-state index < -0.39 is 5.60 Å². The van der Waals surface area contributed by atoms with E-state index in [1.54, 1.807) is 17.3 Å². The number of aromatic nitrogens is 2. The van der Waals surface area contributed by atoms with Crippen molar-refractivity contribution in [3.05, 3.63) is 18.1 Å². The van der Waals surface area contributed by atoms with Gasteiger partial charge in [-0.1, -0.05) is 0 Å². The molecule has 0 radical (unpaired) electrons. The molecule has 0 aromatic carbocycles. The highest BCUT2D eigenvalue weighted by atomic mass is 16.6. The highest BCUT2D eigenvalue weighted by Crippen LogP contribution is 2.18. The second-order valence-electron chi connectivity index (χ2n) is 6.40. The van der Waals surface area contributed by atoms with Crippen molar-refractivity contribution in [3.63, 3.8) is 0 Å². The fourth-order valence-electron chi connectivity index (χ4n) is 2.33. The van der Waals surface area contributed by atoms with Crippen LogP contribution < -0.4 is 5.32 Å². The molecule has 6 nitrogen and oxygen atoms in total. The third kappa shape index (κ3) is 4.58. The summed E-state index contributed by atoms with van der Waals surface area (Å²) in [6.45, 7) is 8.94. The van der Waals surface area contributed by atoms with Gasteiger partial charge in [0, 0.05) is 31.5 Å². The maximum Gasteiger partial charge on any atom is 0.410 e. The Morgan fingerprint density at radius 2 is 2.10 bits per heavy atom. The SMILES string of the molecule is Cc1nccnc1N[C@H]1CCCN(C(=O)OC(C)(C)C)C1. The van der Waals surface area contributed by atoms with Crippen LogP contribution in [0.5, 0.6) is 0 Å². The second-order valence-corrected chi connectivity index (χ2v) is 6.40. The molecule has 6 heteroatoms. The van der Waals surface area contributed by atoms with Gasteiger partial charge in [0.15, 0.2) is 0 Å². The van der Waals surface area contributed by atoms with Gasteiger partial charge in [0.05, 0.1) is 5.69 Å². The lowest BCUT2D eigenvalue weighted by Gasteiger charge is -2.34. The van der Waals surface area contributed by atoms with Crippen LogP contribution in [-0.2, 0) is 4.74 Å². The van der Waals surface area contributed by atoms with E-state index in [-0.39, 0.29) is 12.1 Å². The van der Waals surface area contributed by atoms with Crippen molar-refractivity contribution in [1.82, 2.24) is 14.9 Å². The van der Waals surface area contributed by atoms with Gasteiger partial charge in [-0.3, -0.25) is 4.98 Å². The summed E-state index contributed by atoms with van der Waals surface area (Å²) in [5.74, 6) is 0.786. The van der Waals surface area contributed by atoms with Crippen LogP contribution in [0.2, 0.25) is 0 Å². The molecule has 1 N–H and O–H groups in total. The number of nitrogens with zero attached hydrogens (tertiary/aromatic N) is 3. The zero-order chi connectivity index (χ0) is 15.5. The summed E-state index contributed by atoms with van der Waals surface area (Å²) in [7, 11) is 0. The van der Waals surface area contributed by atoms with Crippen LogP contribution in [0.3, 0.4) is 0 Å². The van der Waals surface area contributed by atoms with E-state index in [0.717, 1.165) is 30.9 Å². The van der Waals surface area contributed by atoms with E-state index in [0.29, 0.717) is 6.54 Å². The molecule has 2 heterocycles. The first-order chi connectivity index (χ1) is 9.85. The lowest BCUT2D eigenvalue weighted by molar-refractivity contribution is 0.0206. The molecular weight excluding hydrogens is 268 g/mol. The standard InChI is InChI=1S/C15H24N4O2/c1-11-13(17-8-7-16-11)18-12-6-5-9-19(10-12)14(20)21-15(2,3)4/h7-8,12H,5-6,9-10H2,1-4H3,(H,17,18)/t12-/m0/s1. The van der Waals surface area contributed by atoms with Crippen LogP contribution in [0, 0.1) is 6.92 Å². The monoisotopic (exact) mass is 292 g/mol. The Morgan fingerprint density at radius 1 is 1.38 bits per heavy atom. The van der Waals surface area contributed by atoms with E-state index in [2.05, 4.69) is 15.3 Å². The average molecular weight is 292 g/mol. The lowest BCUT2D eigenvalue weighted by Crippen LogP contribution is -2.47. The van der Waals surface area contributed by atoms with Crippen molar-refractivity contribution in [2.24, 2.45) is 0 Å². The summed E-state index contributed by atoms with van der Waals surface area (Å²) in [5, 5.41) is 3.37. The molecule has 0 saturated carbocycles. The molecule has 0 aliphatic carbocycles. The molecule has 1 saturated heterocycles. The first-order valence-electron chi connectivity index (χ1n) is 7.37. The molecule has 21 heavy (non-hydrogen) atoms. The fraction of sp³-hybridized carbons (Fsp3) is 0.667. The maximum atomic E-state index is 12.1. The predicted molar refractivity (Wildman–Crippen MR) is 81.2 cm³/mol. The van der Waals surface area contributed by atoms with E-state index in [1.165, 1.54) is 0 Å². The molecule has 1 aliphatic heterocycles. The number of rotatable bonds is 2. The van der Waals surface area contributed by atoms with Gasteiger partial charge in [-0.15, -0.1) is 0 Å². The van der Waals surface area contributed by atoms with Crippen LogP contribution in [0.4, 0.5) is 10.6 Å². The Morgan fingerprint density at radius 3 is 2.76 bits per heavy atom. The molecule has 0 spiro atoms. The number of hydrogen-bond donors (Lipinski definition) is 1. The number of likely N-dealkylation sites (tertiary alicyclic amines) is 1. The number of amides is 1. The minimum Gasteiger partial charge on any atom is -0.444 e. The van der Waals surface area contributed by atoms with Crippen molar-refractivity contribution in [2.45, 2.75) is 52.2 Å². The van der Waals surface area contributed by atoms with Crippen LogP contribution >= 0.6 is 0 Å². The number of nitrogens with one attached hydrogen (secondary N) is 1. The molecule has 1 aromatic heterocycles. The van der Waals surface area contributed by atoms with Crippen molar-refractivity contribution >= 4 is 11.9 Å². The summed E-state index contributed by atoms with van der Waals surface area (Å²) in [5.41, 5.74) is 0.408. The molecule has 0 bridgehead atoms. The third-order valence-electron chi connectivity index (χ3n) is 3.30. The second kappa shape index (κ2) is 6.28. The lowest BCUT2D eigenvalue weighted by atomic mass is 10.1. The molecule has 116 valence electrons. The summed E-state index contributed by atoms with van der Waals surface area (Å²) < 4.78 is 5.43. The molecule has 2 rings (SSSR count). The van der Waals surface area contributed by atoms with Crippen molar-refractivity contribution in [1.29, 1.82) is 0 Å². The molecule has 1 aliphatic rings. The minimum absolute atomic E-state index is 0.182. The number of ether oxygens (including phenoxy) is 1. The van der Waals surface area contributed by atoms with Crippen molar-refractivity contribution in [2.75, 3.05) is 18.4 Å². The van der Waals surface area contributed by atoms with Gasteiger partial charge in [0.1, 0.15) is 11.4 Å². The molecular formula is C15H24N4O2. The summed E-state index contributed by atoms with van der Waals surface area (Å²) in [6, 6.07) is 0.182. The number of aryl methyl sites for hydroxylation is 1. The van der Waals surface area contributed by atoms with E-state index in [9.17, 15) is 4.79 Å². The van der Waals surface area contributed by atoms with Crippen molar-refractivity contribution < 1.29 is 9.53 Å². The topological polar surface area (TPSA) is 67.4 Å². The van der Waals surface area contributed by atoms with Crippen LogP contribution in [0.25, 0.3) is 0 Å². The van der Waals surface area contributed by atoms with Crippen LogP contribution in [-0.4, -0.2) is 45.7 Å². The quantitative estimate of drug-likeness (QED) is 0.907.